The maximum absolute atomic E-state index is 10.4. The van der Waals surface area contributed by atoms with Crippen molar-refractivity contribution in [3.8, 4) is 10.4 Å². The van der Waals surface area contributed by atoms with Crippen molar-refractivity contribution in [2.24, 2.45) is 0 Å². The van der Waals surface area contributed by atoms with Gasteiger partial charge in [-0.15, -0.1) is 11.3 Å². The van der Waals surface area contributed by atoms with Gasteiger partial charge in [-0.2, -0.15) is 0 Å². The highest BCUT2D eigenvalue weighted by atomic mass is 32.1. The molecule has 1 heterocycles. The van der Waals surface area contributed by atoms with E-state index >= 15 is 0 Å². The van der Waals surface area contributed by atoms with Gasteiger partial charge in [0.25, 0.3) is 0 Å². The highest BCUT2D eigenvalue weighted by Crippen LogP contribution is 2.27. The third-order valence-electron chi connectivity index (χ3n) is 4.02. The first-order chi connectivity index (χ1) is 10.1. The molecular formula is C16H22BNO3S. The molecule has 4 nitrogen and oxygen atoms in total. The van der Waals surface area contributed by atoms with Crippen LogP contribution in [0.5, 0.6) is 0 Å². The zero-order valence-electron chi connectivity index (χ0n) is 13.6. The van der Waals surface area contributed by atoms with Crippen molar-refractivity contribution in [1.82, 2.24) is 4.98 Å². The second-order valence-electron chi connectivity index (χ2n) is 6.47. The van der Waals surface area contributed by atoms with Gasteiger partial charge in [0.15, 0.2) is 0 Å². The maximum Gasteiger partial charge on any atom is 0.512 e. The van der Waals surface area contributed by atoms with Crippen molar-refractivity contribution < 1.29 is 14.8 Å². The van der Waals surface area contributed by atoms with E-state index < -0.39 is 18.3 Å². The molecule has 0 aliphatic carbocycles. The van der Waals surface area contributed by atoms with Gasteiger partial charge in [-0.3, -0.25) is 4.98 Å². The lowest BCUT2D eigenvalue weighted by Crippen LogP contribution is -2.53. The molecule has 0 saturated heterocycles. The number of rotatable bonds is 5. The van der Waals surface area contributed by atoms with Crippen molar-refractivity contribution in [1.29, 1.82) is 0 Å². The lowest BCUT2D eigenvalue weighted by Gasteiger charge is -2.38. The van der Waals surface area contributed by atoms with Gasteiger partial charge < -0.3 is 14.8 Å². The highest BCUT2D eigenvalue weighted by Gasteiger charge is 2.40. The van der Waals surface area contributed by atoms with Crippen LogP contribution in [0.15, 0.2) is 29.8 Å². The van der Waals surface area contributed by atoms with Gasteiger partial charge in [0.05, 0.1) is 27.2 Å². The molecule has 0 radical (unpaired) electrons. The topological polar surface area (TPSA) is 62.6 Å². The molecule has 0 amide bonds. The minimum absolute atomic E-state index is 0.478. The molecule has 0 atom stereocenters. The van der Waals surface area contributed by atoms with Crippen molar-refractivity contribution in [3.05, 3.63) is 35.3 Å². The van der Waals surface area contributed by atoms with E-state index in [0.717, 1.165) is 10.4 Å². The molecule has 0 spiro atoms. The Morgan fingerprint density at radius 1 is 1.14 bits per heavy atom. The summed E-state index contributed by atoms with van der Waals surface area (Å²) in [5, 5.41) is 20.6. The summed E-state index contributed by atoms with van der Waals surface area (Å²) < 4.78 is 5.68. The highest BCUT2D eigenvalue weighted by molar-refractivity contribution is 7.14. The predicted octanol–water partition coefficient (Wildman–Crippen LogP) is 2.37. The number of aryl methyl sites for hydroxylation is 1. The Balaban J connectivity index is 2.27. The summed E-state index contributed by atoms with van der Waals surface area (Å²) in [6, 6.07) is 8.04. The lowest BCUT2D eigenvalue weighted by atomic mass is 9.79. The first-order valence-corrected chi connectivity index (χ1v) is 8.08. The van der Waals surface area contributed by atoms with Gasteiger partial charge in [0.1, 0.15) is 0 Å². The Morgan fingerprint density at radius 3 is 2.27 bits per heavy atom. The van der Waals surface area contributed by atoms with Gasteiger partial charge in [-0.25, -0.2) is 0 Å². The number of thiazole rings is 1. The molecule has 0 fully saturated rings. The lowest BCUT2D eigenvalue weighted by molar-refractivity contribution is -0.0983. The molecule has 0 aliphatic rings. The van der Waals surface area contributed by atoms with Crippen LogP contribution in [0.3, 0.4) is 0 Å². The van der Waals surface area contributed by atoms with Crippen LogP contribution < -0.4 is 5.59 Å². The van der Waals surface area contributed by atoms with E-state index in [9.17, 15) is 10.1 Å². The molecule has 2 rings (SSSR count). The molecule has 0 saturated carbocycles. The Kier molecular flexibility index (Phi) is 4.77. The fraction of sp³-hybridized carbons (Fsp3) is 0.438. The van der Waals surface area contributed by atoms with Crippen molar-refractivity contribution >= 4 is 24.0 Å². The molecule has 2 N–H and O–H groups in total. The summed E-state index contributed by atoms with van der Waals surface area (Å²) in [4.78, 5) is 5.12. The zero-order valence-corrected chi connectivity index (χ0v) is 14.4. The molecule has 2 aromatic rings. The van der Waals surface area contributed by atoms with Gasteiger partial charge in [0, 0.05) is 0 Å². The third kappa shape index (κ3) is 3.58. The zero-order chi connectivity index (χ0) is 16.5. The number of aromatic nitrogens is 1. The van der Waals surface area contributed by atoms with E-state index in [4.69, 9.17) is 4.65 Å². The molecule has 1 aromatic carbocycles. The van der Waals surface area contributed by atoms with Crippen LogP contribution in [-0.4, -0.2) is 33.4 Å². The van der Waals surface area contributed by atoms with Crippen LogP contribution in [0.1, 0.15) is 33.3 Å². The van der Waals surface area contributed by atoms with E-state index in [1.165, 1.54) is 16.9 Å². The van der Waals surface area contributed by atoms with E-state index in [2.05, 4.69) is 4.98 Å². The van der Waals surface area contributed by atoms with Crippen LogP contribution in [0.25, 0.3) is 10.4 Å². The summed E-state index contributed by atoms with van der Waals surface area (Å²) in [5.41, 5.74) is 2.33. The minimum atomic E-state index is -1.19. The third-order valence-corrected chi connectivity index (χ3v) is 4.91. The standard InChI is InChI=1S/C16H22BNO3S/c1-11-6-8-12(9-7-11)13-14(18-10-22-13)17(20)21-16(4,5)15(2,3)19/h6-10,19-20H,1-5H3. The Hall–Kier alpha value is -1.21. The number of nitrogens with zero attached hydrogens (tertiary/aromatic N) is 1. The molecule has 0 bridgehead atoms. The average Bonchev–Trinajstić information content (AvgIpc) is 2.87. The quantitative estimate of drug-likeness (QED) is 0.831. The predicted molar refractivity (Wildman–Crippen MR) is 91.4 cm³/mol. The maximum atomic E-state index is 10.4. The van der Waals surface area contributed by atoms with Crippen LogP contribution in [-0.2, 0) is 4.65 Å². The summed E-state index contributed by atoms with van der Waals surface area (Å²) in [6.07, 6.45) is 0. The van der Waals surface area contributed by atoms with Crippen LogP contribution >= 0.6 is 11.3 Å². The summed E-state index contributed by atoms with van der Waals surface area (Å²) in [7, 11) is -1.19. The van der Waals surface area contributed by atoms with Crippen LogP contribution in [0.4, 0.5) is 0 Å². The number of aliphatic hydroxyl groups is 1. The van der Waals surface area contributed by atoms with E-state index in [0.29, 0.717) is 5.59 Å². The Morgan fingerprint density at radius 2 is 1.73 bits per heavy atom. The first kappa shape index (κ1) is 17.2. The van der Waals surface area contributed by atoms with Gasteiger partial charge in [0.2, 0.25) is 0 Å². The fourth-order valence-corrected chi connectivity index (χ4v) is 2.65. The molecule has 118 valence electrons. The largest absolute Gasteiger partial charge is 0.512 e. The Bertz CT molecular complexity index is 632. The SMILES string of the molecule is Cc1ccc(-c2scnc2B(O)OC(C)(C)C(C)(C)O)cc1. The van der Waals surface area contributed by atoms with Crippen molar-refractivity contribution in [2.45, 2.75) is 45.8 Å². The second-order valence-corrected chi connectivity index (χ2v) is 7.33. The number of benzene rings is 1. The smallest absolute Gasteiger partial charge is 0.422 e. The fourth-order valence-electron chi connectivity index (χ4n) is 1.83. The molecule has 1 aromatic heterocycles. The minimum Gasteiger partial charge on any atom is -0.422 e. The second kappa shape index (κ2) is 6.12. The number of hydrogen-bond acceptors (Lipinski definition) is 5. The summed E-state index contributed by atoms with van der Waals surface area (Å²) in [5.74, 6) is 0. The molecule has 0 aliphatic heterocycles. The van der Waals surface area contributed by atoms with Gasteiger partial charge in [-0.05, 0) is 40.2 Å². The molecule has 6 heteroatoms. The van der Waals surface area contributed by atoms with Crippen molar-refractivity contribution in [3.63, 3.8) is 0 Å². The van der Waals surface area contributed by atoms with Gasteiger partial charge >= 0.3 is 7.12 Å². The van der Waals surface area contributed by atoms with Crippen molar-refractivity contribution in [2.75, 3.05) is 0 Å². The normalized spacial score (nSPS) is 12.5. The van der Waals surface area contributed by atoms with E-state index in [-0.39, 0.29) is 0 Å². The van der Waals surface area contributed by atoms with Crippen LogP contribution in [0, 0.1) is 6.92 Å². The molecule has 22 heavy (non-hydrogen) atoms. The average molecular weight is 319 g/mol. The van der Waals surface area contributed by atoms with E-state index in [1.807, 2.05) is 31.2 Å². The number of hydrogen-bond donors (Lipinski definition) is 2. The van der Waals surface area contributed by atoms with Crippen LogP contribution in [0.2, 0.25) is 0 Å². The molecular weight excluding hydrogens is 297 g/mol. The first-order valence-electron chi connectivity index (χ1n) is 7.20. The monoisotopic (exact) mass is 319 g/mol. The van der Waals surface area contributed by atoms with Gasteiger partial charge in [-0.1, -0.05) is 29.8 Å². The van der Waals surface area contributed by atoms with E-state index in [1.54, 1.807) is 33.2 Å². The molecule has 0 unspecified atom stereocenters. The Labute approximate surface area is 135 Å². The summed E-state index contributed by atoms with van der Waals surface area (Å²) in [6.45, 7) is 8.83. The summed E-state index contributed by atoms with van der Waals surface area (Å²) >= 11 is 1.46.